The molecule has 0 saturated heterocycles. The summed E-state index contributed by atoms with van der Waals surface area (Å²) in [4.78, 5) is 11.3. The van der Waals surface area contributed by atoms with Crippen LogP contribution in [0.5, 0.6) is 0 Å². The summed E-state index contributed by atoms with van der Waals surface area (Å²) in [5.74, 6) is -0.0342. The number of carbonyl (C=O) groups is 1. The molecule has 3 heteroatoms. The zero-order valence-electron chi connectivity index (χ0n) is 6.72. The van der Waals surface area contributed by atoms with Gasteiger partial charge < -0.3 is 10.6 Å². The molecule has 1 heterocycles. The van der Waals surface area contributed by atoms with Gasteiger partial charge in [0.1, 0.15) is 0 Å². The van der Waals surface area contributed by atoms with E-state index < -0.39 is 0 Å². The van der Waals surface area contributed by atoms with Gasteiger partial charge >= 0.3 is 0 Å². The molecule has 1 aromatic rings. The minimum Gasteiger partial charge on any atom is -0.365 e. The van der Waals surface area contributed by atoms with Crippen LogP contribution in [0.2, 0.25) is 0 Å². The molecule has 61 valence electrons. The van der Waals surface area contributed by atoms with E-state index in [4.69, 9.17) is 0 Å². The molecule has 0 saturated carbocycles. The molecule has 0 fully saturated rings. The fraction of sp³-hybridized carbons (Fsp3) is 0.222. The number of amides is 1. The molecule has 1 aromatic carbocycles. The Balaban J connectivity index is 2.47. The third-order valence-corrected chi connectivity index (χ3v) is 1.83. The largest absolute Gasteiger partial charge is 0.365 e. The fourth-order valence-corrected chi connectivity index (χ4v) is 1.29. The van der Waals surface area contributed by atoms with Crippen LogP contribution in [0.25, 0.3) is 0 Å². The standard InChI is InChI=1S/C9H9N2O/c1-6-10-8-5-3-2-4-7(8)9(12)11-6/h3-6,10H,1H3,(H,11,12). The van der Waals surface area contributed by atoms with Crippen LogP contribution in [-0.2, 0) is 0 Å². The molecule has 1 amide bonds. The zero-order valence-corrected chi connectivity index (χ0v) is 6.72. The molecule has 2 rings (SSSR count). The van der Waals surface area contributed by atoms with Gasteiger partial charge in [-0.25, -0.2) is 0 Å². The Labute approximate surface area is 70.8 Å². The predicted molar refractivity (Wildman–Crippen MR) is 45.8 cm³/mol. The second kappa shape index (κ2) is 2.52. The van der Waals surface area contributed by atoms with Crippen molar-refractivity contribution in [3.63, 3.8) is 0 Å². The molecule has 1 aliphatic heterocycles. The topological polar surface area (TPSA) is 41.1 Å². The molecule has 1 unspecified atom stereocenters. The van der Waals surface area contributed by atoms with Crippen molar-refractivity contribution in [3.05, 3.63) is 29.8 Å². The second-order valence-electron chi connectivity index (χ2n) is 2.81. The predicted octanol–water partition coefficient (Wildman–Crippen LogP) is 0.988. The zero-order chi connectivity index (χ0) is 8.55. The summed E-state index contributed by atoms with van der Waals surface area (Å²) in [7, 11) is 0. The molecule has 1 aliphatic rings. The number of fused-ring (bicyclic) bond motifs is 1. The first-order valence-electron chi connectivity index (χ1n) is 3.85. The summed E-state index contributed by atoms with van der Waals surface area (Å²) in [6.45, 7) is 1.90. The summed E-state index contributed by atoms with van der Waals surface area (Å²) < 4.78 is 0. The lowest BCUT2D eigenvalue weighted by atomic mass is 10.1. The Morgan fingerprint density at radius 3 is 3.17 bits per heavy atom. The SMILES string of the molecule is CC1NC(=O)c2c[c]ccc2N1. The van der Waals surface area contributed by atoms with Crippen LogP contribution in [-0.4, -0.2) is 12.1 Å². The van der Waals surface area contributed by atoms with Gasteiger partial charge in [0.05, 0.1) is 11.7 Å². The van der Waals surface area contributed by atoms with Crippen molar-refractivity contribution in [3.8, 4) is 0 Å². The Morgan fingerprint density at radius 1 is 1.50 bits per heavy atom. The monoisotopic (exact) mass is 161 g/mol. The first-order valence-corrected chi connectivity index (χ1v) is 3.85. The summed E-state index contributed by atoms with van der Waals surface area (Å²) in [6.07, 6.45) is 0.00685. The maximum Gasteiger partial charge on any atom is 0.254 e. The third-order valence-electron chi connectivity index (χ3n) is 1.83. The highest BCUT2D eigenvalue weighted by Gasteiger charge is 2.18. The molecule has 0 aromatic heterocycles. The van der Waals surface area contributed by atoms with Crippen LogP contribution in [0.3, 0.4) is 0 Å². The van der Waals surface area contributed by atoms with Gasteiger partial charge in [-0.3, -0.25) is 4.79 Å². The minimum atomic E-state index is -0.0342. The van der Waals surface area contributed by atoms with E-state index >= 15 is 0 Å². The van der Waals surface area contributed by atoms with E-state index in [1.165, 1.54) is 0 Å². The lowest BCUT2D eigenvalue weighted by molar-refractivity contribution is 0.0939. The molecule has 0 spiro atoms. The van der Waals surface area contributed by atoms with Gasteiger partial charge in [0.25, 0.3) is 5.91 Å². The van der Waals surface area contributed by atoms with E-state index in [0.29, 0.717) is 5.56 Å². The van der Waals surface area contributed by atoms with Crippen LogP contribution >= 0.6 is 0 Å². The van der Waals surface area contributed by atoms with Crippen LogP contribution < -0.4 is 10.6 Å². The van der Waals surface area contributed by atoms with E-state index in [2.05, 4.69) is 16.7 Å². The molecular formula is C9H9N2O. The lowest BCUT2D eigenvalue weighted by Gasteiger charge is -2.24. The third kappa shape index (κ3) is 1.03. The van der Waals surface area contributed by atoms with Gasteiger partial charge in [-0.15, -0.1) is 0 Å². The minimum absolute atomic E-state index is 0.00685. The summed E-state index contributed by atoms with van der Waals surface area (Å²) >= 11 is 0. The number of hydrogen-bond donors (Lipinski definition) is 2. The van der Waals surface area contributed by atoms with Crippen molar-refractivity contribution >= 4 is 11.6 Å². The van der Waals surface area contributed by atoms with E-state index in [0.717, 1.165) is 5.69 Å². The van der Waals surface area contributed by atoms with E-state index in [9.17, 15) is 4.79 Å². The van der Waals surface area contributed by atoms with E-state index in [1.54, 1.807) is 12.1 Å². The van der Waals surface area contributed by atoms with Crippen LogP contribution in [0.1, 0.15) is 17.3 Å². The number of carbonyl (C=O) groups excluding carboxylic acids is 1. The van der Waals surface area contributed by atoms with E-state index in [1.807, 2.05) is 13.0 Å². The highest BCUT2D eigenvalue weighted by atomic mass is 16.2. The quantitative estimate of drug-likeness (QED) is 0.595. The van der Waals surface area contributed by atoms with Gasteiger partial charge in [-0.2, -0.15) is 0 Å². The fourth-order valence-electron chi connectivity index (χ4n) is 1.29. The first-order chi connectivity index (χ1) is 5.77. The van der Waals surface area contributed by atoms with Crippen molar-refractivity contribution in [1.82, 2.24) is 5.32 Å². The molecule has 1 atom stereocenters. The maximum atomic E-state index is 11.3. The first kappa shape index (κ1) is 7.16. The van der Waals surface area contributed by atoms with Crippen LogP contribution in [0.4, 0.5) is 5.69 Å². The Kier molecular flexibility index (Phi) is 1.50. The summed E-state index contributed by atoms with van der Waals surface area (Å²) in [5, 5.41) is 5.90. The average molecular weight is 161 g/mol. The van der Waals surface area contributed by atoms with Crippen LogP contribution in [0, 0.1) is 6.07 Å². The van der Waals surface area contributed by atoms with Gasteiger partial charge in [0.15, 0.2) is 0 Å². The highest BCUT2D eigenvalue weighted by Crippen LogP contribution is 2.18. The molecule has 12 heavy (non-hydrogen) atoms. The number of rotatable bonds is 0. The van der Waals surface area contributed by atoms with Crippen molar-refractivity contribution in [2.45, 2.75) is 13.1 Å². The number of nitrogens with one attached hydrogen (secondary N) is 2. The van der Waals surface area contributed by atoms with Crippen molar-refractivity contribution in [2.24, 2.45) is 0 Å². The smallest absolute Gasteiger partial charge is 0.254 e. The normalized spacial score (nSPS) is 20.8. The van der Waals surface area contributed by atoms with E-state index in [-0.39, 0.29) is 12.1 Å². The second-order valence-corrected chi connectivity index (χ2v) is 2.81. The molecule has 0 bridgehead atoms. The van der Waals surface area contributed by atoms with Crippen molar-refractivity contribution < 1.29 is 4.79 Å². The number of anilines is 1. The highest BCUT2D eigenvalue weighted by molar-refractivity contribution is 6.01. The maximum absolute atomic E-state index is 11.3. The summed E-state index contributed by atoms with van der Waals surface area (Å²) in [6, 6.07) is 8.19. The molecule has 1 radical (unpaired) electrons. The summed E-state index contributed by atoms with van der Waals surface area (Å²) in [5.41, 5.74) is 1.54. The Hall–Kier alpha value is -1.51. The van der Waals surface area contributed by atoms with Crippen molar-refractivity contribution in [1.29, 1.82) is 0 Å². The molecular weight excluding hydrogens is 152 g/mol. The van der Waals surface area contributed by atoms with Gasteiger partial charge in [-0.05, 0) is 25.1 Å². The molecule has 3 nitrogen and oxygen atoms in total. The Bertz CT molecular complexity index is 322. The van der Waals surface area contributed by atoms with Gasteiger partial charge in [0, 0.05) is 5.69 Å². The molecule has 2 N–H and O–H groups in total. The average Bonchev–Trinajstić information content (AvgIpc) is 2.04. The molecule has 0 aliphatic carbocycles. The Morgan fingerprint density at radius 2 is 2.33 bits per heavy atom. The van der Waals surface area contributed by atoms with Gasteiger partial charge in [-0.1, -0.05) is 6.07 Å². The number of hydrogen-bond acceptors (Lipinski definition) is 2. The van der Waals surface area contributed by atoms with Crippen molar-refractivity contribution in [2.75, 3.05) is 5.32 Å². The van der Waals surface area contributed by atoms with Crippen LogP contribution in [0.15, 0.2) is 18.2 Å². The lowest BCUT2D eigenvalue weighted by Crippen LogP contribution is -2.42. The van der Waals surface area contributed by atoms with Gasteiger partial charge in [0.2, 0.25) is 0 Å². The number of benzene rings is 1.